The van der Waals surface area contributed by atoms with E-state index >= 15 is 0 Å². The predicted octanol–water partition coefficient (Wildman–Crippen LogP) is 2.83. The lowest BCUT2D eigenvalue weighted by atomic mass is 9.97. The highest BCUT2D eigenvalue weighted by atomic mass is 19.1. The molecule has 0 radical (unpaired) electrons. The standard InChI is InChI=1S/C16H25FN2/c1-4-15-11-18-16(2,3)12-19(15)10-9-13-5-7-14(17)8-6-13/h5-8,15,18H,4,9-12H2,1-3H3. The van der Waals surface area contributed by atoms with Gasteiger partial charge in [0.2, 0.25) is 0 Å². The van der Waals surface area contributed by atoms with Crippen LogP contribution in [0.1, 0.15) is 32.8 Å². The SMILES string of the molecule is CCC1CNC(C)(C)CN1CCc1ccc(F)cc1. The molecule has 0 spiro atoms. The lowest BCUT2D eigenvalue weighted by molar-refractivity contribution is 0.0939. The first kappa shape index (κ1) is 14.5. The highest BCUT2D eigenvalue weighted by Gasteiger charge is 2.30. The third kappa shape index (κ3) is 4.02. The summed E-state index contributed by atoms with van der Waals surface area (Å²) < 4.78 is 12.9. The number of nitrogens with zero attached hydrogens (tertiary/aromatic N) is 1. The van der Waals surface area contributed by atoms with Crippen molar-refractivity contribution >= 4 is 0 Å². The van der Waals surface area contributed by atoms with Gasteiger partial charge in [-0.05, 0) is 44.4 Å². The fraction of sp³-hybridized carbons (Fsp3) is 0.625. The van der Waals surface area contributed by atoms with E-state index in [0.717, 1.165) is 26.1 Å². The van der Waals surface area contributed by atoms with E-state index in [1.165, 1.54) is 12.0 Å². The van der Waals surface area contributed by atoms with Gasteiger partial charge in [0.1, 0.15) is 5.82 Å². The van der Waals surface area contributed by atoms with Crippen molar-refractivity contribution in [1.82, 2.24) is 10.2 Å². The Kier molecular flexibility index (Phi) is 4.58. The molecule has 0 bridgehead atoms. The third-order valence-corrected chi connectivity index (χ3v) is 4.00. The average molecular weight is 264 g/mol. The molecule has 0 saturated carbocycles. The number of rotatable bonds is 4. The number of hydrogen-bond acceptors (Lipinski definition) is 2. The van der Waals surface area contributed by atoms with Crippen LogP contribution in [0.25, 0.3) is 0 Å². The molecule has 2 nitrogen and oxygen atoms in total. The van der Waals surface area contributed by atoms with Gasteiger partial charge in [-0.3, -0.25) is 4.90 Å². The Balaban J connectivity index is 1.94. The average Bonchev–Trinajstić information content (AvgIpc) is 2.37. The van der Waals surface area contributed by atoms with E-state index in [4.69, 9.17) is 0 Å². The van der Waals surface area contributed by atoms with Crippen LogP contribution in [0.2, 0.25) is 0 Å². The minimum absolute atomic E-state index is 0.154. The van der Waals surface area contributed by atoms with Crippen molar-refractivity contribution < 1.29 is 4.39 Å². The van der Waals surface area contributed by atoms with Gasteiger partial charge in [-0.15, -0.1) is 0 Å². The zero-order valence-electron chi connectivity index (χ0n) is 12.2. The van der Waals surface area contributed by atoms with E-state index in [1.54, 1.807) is 12.1 Å². The maximum Gasteiger partial charge on any atom is 0.123 e. The number of halogens is 1. The van der Waals surface area contributed by atoms with Crippen LogP contribution in [-0.4, -0.2) is 36.1 Å². The largest absolute Gasteiger partial charge is 0.309 e. The fourth-order valence-electron chi connectivity index (χ4n) is 2.80. The minimum atomic E-state index is -0.154. The maximum atomic E-state index is 12.9. The van der Waals surface area contributed by atoms with Crippen LogP contribution in [0.15, 0.2) is 24.3 Å². The molecule has 1 aliphatic rings. The van der Waals surface area contributed by atoms with E-state index in [1.807, 2.05) is 12.1 Å². The highest BCUT2D eigenvalue weighted by molar-refractivity contribution is 5.16. The van der Waals surface area contributed by atoms with E-state index in [9.17, 15) is 4.39 Å². The molecular formula is C16H25FN2. The molecule has 0 aliphatic carbocycles. The minimum Gasteiger partial charge on any atom is -0.309 e. The van der Waals surface area contributed by atoms with E-state index in [2.05, 4.69) is 31.0 Å². The molecule has 1 heterocycles. The van der Waals surface area contributed by atoms with Gasteiger partial charge in [-0.1, -0.05) is 19.1 Å². The van der Waals surface area contributed by atoms with Gasteiger partial charge in [0, 0.05) is 31.2 Å². The van der Waals surface area contributed by atoms with Gasteiger partial charge in [0.05, 0.1) is 0 Å². The van der Waals surface area contributed by atoms with Crippen LogP contribution < -0.4 is 5.32 Å². The number of piperazine rings is 1. The Morgan fingerprint density at radius 3 is 2.63 bits per heavy atom. The van der Waals surface area contributed by atoms with Gasteiger partial charge in [-0.2, -0.15) is 0 Å². The quantitative estimate of drug-likeness (QED) is 0.899. The molecule has 1 saturated heterocycles. The van der Waals surface area contributed by atoms with Crippen LogP contribution in [0.5, 0.6) is 0 Å². The zero-order valence-corrected chi connectivity index (χ0v) is 12.2. The fourth-order valence-corrected chi connectivity index (χ4v) is 2.80. The van der Waals surface area contributed by atoms with Crippen LogP contribution in [0.4, 0.5) is 4.39 Å². The summed E-state index contributed by atoms with van der Waals surface area (Å²) in [4.78, 5) is 2.57. The van der Waals surface area contributed by atoms with Gasteiger partial charge < -0.3 is 5.32 Å². The summed E-state index contributed by atoms with van der Waals surface area (Å²) in [5.74, 6) is -0.154. The van der Waals surface area contributed by atoms with Crippen LogP contribution in [0, 0.1) is 5.82 Å². The monoisotopic (exact) mass is 264 g/mol. The van der Waals surface area contributed by atoms with Crippen molar-refractivity contribution in [3.8, 4) is 0 Å². The summed E-state index contributed by atoms with van der Waals surface area (Å²) in [5.41, 5.74) is 1.40. The van der Waals surface area contributed by atoms with Crippen LogP contribution in [-0.2, 0) is 6.42 Å². The summed E-state index contributed by atoms with van der Waals surface area (Å²) in [5, 5.41) is 3.60. The van der Waals surface area contributed by atoms with Crippen LogP contribution >= 0.6 is 0 Å². The van der Waals surface area contributed by atoms with Crippen molar-refractivity contribution in [2.24, 2.45) is 0 Å². The molecule has 19 heavy (non-hydrogen) atoms. The normalized spacial score (nSPS) is 23.5. The summed E-state index contributed by atoms with van der Waals surface area (Å²) >= 11 is 0. The Labute approximate surface area is 116 Å². The Bertz CT molecular complexity index is 400. The first-order chi connectivity index (χ1) is 9.00. The van der Waals surface area contributed by atoms with Gasteiger partial charge in [0.25, 0.3) is 0 Å². The predicted molar refractivity (Wildman–Crippen MR) is 77.8 cm³/mol. The van der Waals surface area contributed by atoms with E-state index in [0.29, 0.717) is 6.04 Å². The number of benzene rings is 1. The van der Waals surface area contributed by atoms with E-state index in [-0.39, 0.29) is 11.4 Å². The first-order valence-electron chi connectivity index (χ1n) is 7.24. The first-order valence-corrected chi connectivity index (χ1v) is 7.24. The topological polar surface area (TPSA) is 15.3 Å². The second kappa shape index (κ2) is 6.02. The smallest absolute Gasteiger partial charge is 0.123 e. The Morgan fingerprint density at radius 2 is 2.00 bits per heavy atom. The molecule has 0 amide bonds. The van der Waals surface area contributed by atoms with Gasteiger partial charge in [0.15, 0.2) is 0 Å². The summed E-state index contributed by atoms with van der Waals surface area (Å²) in [6.07, 6.45) is 2.17. The molecule has 106 valence electrons. The lowest BCUT2D eigenvalue weighted by Gasteiger charge is -2.44. The summed E-state index contributed by atoms with van der Waals surface area (Å²) in [6, 6.07) is 7.50. The van der Waals surface area contributed by atoms with E-state index < -0.39 is 0 Å². The van der Waals surface area contributed by atoms with Crippen molar-refractivity contribution in [1.29, 1.82) is 0 Å². The highest BCUT2D eigenvalue weighted by Crippen LogP contribution is 2.17. The number of hydrogen-bond donors (Lipinski definition) is 1. The molecule has 1 aromatic rings. The molecule has 1 N–H and O–H groups in total. The molecule has 1 unspecified atom stereocenters. The molecule has 2 rings (SSSR count). The van der Waals surface area contributed by atoms with Crippen molar-refractivity contribution in [2.45, 2.75) is 45.2 Å². The van der Waals surface area contributed by atoms with Gasteiger partial charge >= 0.3 is 0 Å². The summed E-state index contributed by atoms with van der Waals surface area (Å²) in [6.45, 7) is 9.94. The Morgan fingerprint density at radius 1 is 1.32 bits per heavy atom. The third-order valence-electron chi connectivity index (χ3n) is 4.00. The lowest BCUT2D eigenvalue weighted by Crippen LogP contribution is -2.61. The molecule has 1 atom stereocenters. The van der Waals surface area contributed by atoms with Crippen LogP contribution in [0.3, 0.4) is 0 Å². The molecule has 1 fully saturated rings. The molecule has 3 heteroatoms. The zero-order chi connectivity index (χ0) is 13.9. The van der Waals surface area contributed by atoms with Crippen molar-refractivity contribution in [3.63, 3.8) is 0 Å². The van der Waals surface area contributed by atoms with Crippen molar-refractivity contribution in [2.75, 3.05) is 19.6 Å². The van der Waals surface area contributed by atoms with Crippen molar-refractivity contribution in [3.05, 3.63) is 35.6 Å². The summed E-state index contributed by atoms with van der Waals surface area (Å²) in [7, 11) is 0. The molecular weight excluding hydrogens is 239 g/mol. The molecule has 1 aromatic carbocycles. The van der Waals surface area contributed by atoms with Gasteiger partial charge in [-0.25, -0.2) is 4.39 Å². The maximum absolute atomic E-state index is 12.9. The second-order valence-corrected chi connectivity index (χ2v) is 6.17. The molecule has 1 aliphatic heterocycles. The molecule has 0 aromatic heterocycles. The second-order valence-electron chi connectivity index (χ2n) is 6.17. The Hall–Kier alpha value is -0.930. The number of nitrogens with one attached hydrogen (secondary N) is 1.